The highest BCUT2D eigenvalue weighted by Crippen LogP contribution is 2.23. The van der Waals surface area contributed by atoms with Crippen molar-refractivity contribution in [3.05, 3.63) is 40.6 Å². The normalized spacial score (nSPS) is 13.9. The molecule has 1 fully saturated rings. The van der Waals surface area contributed by atoms with Crippen LogP contribution in [0, 0.1) is 4.77 Å². The Hall–Kier alpha value is -2.52. The molecule has 0 aliphatic carbocycles. The Morgan fingerprint density at radius 2 is 2.15 bits per heavy atom. The average Bonchev–Trinajstić information content (AvgIpc) is 3.43. The molecule has 27 heavy (non-hydrogen) atoms. The lowest BCUT2D eigenvalue weighted by Gasteiger charge is -2.17. The number of aromatic amines is 1. The summed E-state index contributed by atoms with van der Waals surface area (Å²) in [5, 5.41) is 11.9. The first-order valence-electron chi connectivity index (χ1n) is 8.90. The monoisotopic (exact) mass is 400 g/mol. The minimum atomic E-state index is -0.100. The Morgan fingerprint density at radius 3 is 2.85 bits per heavy atom. The second-order valence-corrected chi connectivity index (χ2v) is 7.71. The van der Waals surface area contributed by atoms with Crippen molar-refractivity contribution < 1.29 is 4.79 Å². The molecule has 4 rings (SSSR count). The third-order valence-electron chi connectivity index (χ3n) is 4.55. The Kier molecular flexibility index (Phi) is 5.30. The van der Waals surface area contributed by atoms with Crippen LogP contribution in [0.4, 0.5) is 11.5 Å². The number of nitrogens with zero attached hydrogens (tertiary/aromatic N) is 4. The molecule has 0 aromatic carbocycles. The summed E-state index contributed by atoms with van der Waals surface area (Å²) >= 11 is 6.88. The molecule has 1 aliphatic heterocycles. The molecule has 0 bridgehead atoms. The molecule has 140 valence electrons. The molecule has 0 unspecified atom stereocenters. The van der Waals surface area contributed by atoms with E-state index < -0.39 is 0 Å². The van der Waals surface area contributed by atoms with Gasteiger partial charge in [-0.1, -0.05) is 6.07 Å². The lowest BCUT2D eigenvalue weighted by molar-refractivity contribution is -0.116. The van der Waals surface area contributed by atoms with Gasteiger partial charge in [0, 0.05) is 26.1 Å². The van der Waals surface area contributed by atoms with E-state index in [1.165, 1.54) is 12.8 Å². The van der Waals surface area contributed by atoms with E-state index in [0.717, 1.165) is 29.5 Å². The third-order valence-corrected chi connectivity index (χ3v) is 5.73. The van der Waals surface area contributed by atoms with Crippen molar-refractivity contribution in [3.63, 3.8) is 0 Å². The molecule has 1 amide bonds. The fraction of sp³-hybridized carbons (Fsp3) is 0.333. The van der Waals surface area contributed by atoms with Crippen LogP contribution in [-0.4, -0.2) is 38.7 Å². The number of H-pyrrole nitrogens is 1. The molecular formula is C18H20N6OS2. The minimum Gasteiger partial charge on any atom is -0.370 e. The lowest BCUT2D eigenvalue weighted by Crippen LogP contribution is -2.18. The minimum absolute atomic E-state index is 0.100. The van der Waals surface area contributed by atoms with Crippen molar-refractivity contribution in [1.82, 2.24) is 19.7 Å². The van der Waals surface area contributed by atoms with Crippen LogP contribution >= 0.6 is 23.6 Å². The smallest absolute Gasteiger partial charge is 0.227 e. The van der Waals surface area contributed by atoms with Crippen molar-refractivity contribution in [2.75, 3.05) is 23.3 Å². The fourth-order valence-corrected chi connectivity index (χ4v) is 4.11. The van der Waals surface area contributed by atoms with Gasteiger partial charge in [-0.2, -0.15) is 5.10 Å². The van der Waals surface area contributed by atoms with Gasteiger partial charge in [-0.25, -0.2) is 4.98 Å². The SMILES string of the molecule is O=C(CCn1c(-c2cccs2)n[nH]c1=S)Nc1ccc(N2CCCC2)cn1. The summed E-state index contributed by atoms with van der Waals surface area (Å²) in [5.41, 5.74) is 1.11. The Bertz CT molecular complexity index is 955. The molecule has 1 saturated heterocycles. The van der Waals surface area contributed by atoms with Crippen molar-refractivity contribution in [1.29, 1.82) is 0 Å². The highest BCUT2D eigenvalue weighted by molar-refractivity contribution is 7.71. The van der Waals surface area contributed by atoms with Gasteiger partial charge in [0.15, 0.2) is 10.6 Å². The van der Waals surface area contributed by atoms with Gasteiger partial charge in [-0.15, -0.1) is 11.3 Å². The number of hydrogen-bond acceptors (Lipinski definition) is 6. The van der Waals surface area contributed by atoms with Crippen molar-refractivity contribution in [2.45, 2.75) is 25.8 Å². The van der Waals surface area contributed by atoms with Gasteiger partial charge in [0.2, 0.25) is 5.91 Å². The van der Waals surface area contributed by atoms with Crippen LogP contribution in [-0.2, 0) is 11.3 Å². The van der Waals surface area contributed by atoms with Crippen LogP contribution < -0.4 is 10.2 Å². The molecule has 7 nitrogen and oxygen atoms in total. The van der Waals surface area contributed by atoms with Crippen molar-refractivity contribution in [2.24, 2.45) is 0 Å². The molecule has 4 heterocycles. The maximum absolute atomic E-state index is 12.3. The van der Waals surface area contributed by atoms with Gasteiger partial charge in [0.1, 0.15) is 5.82 Å². The van der Waals surface area contributed by atoms with Gasteiger partial charge in [0.25, 0.3) is 0 Å². The molecule has 3 aromatic rings. The summed E-state index contributed by atoms with van der Waals surface area (Å²) in [7, 11) is 0. The number of pyridine rings is 1. The van der Waals surface area contributed by atoms with E-state index in [2.05, 4.69) is 25.4 Å². The number of nitrogens with one attached hydrogen (secondary N) is 2. The van der Waals surface area contributed by atoms with Crippen LogP contribution in [0.5, 0.6) is 0 Å². The first-order chi connectivity index (χ1) is 13.2. The van der Waals surface area contributed by atoms with Gasteiger partial charge >= 0.3 is 0 Å². The van der Waals surface area contributed by atoms with E-state index in [1.54, 1.807) is 11.3 Å². The second-order valence-electron chi connectivity index (χ2n) is 6.38. The number of amides is 1. The Balaban J connectivity index is 1.36. The first kappa shape index (κ1) is 17.9. The maximum atomic E-state index is 12.3. The van der Waals surface area contributed by atoms with E-state index in [-0.39, 0.29) is 5.91 Å². The number of thiophene rings is 1. The highest BCUT2D eigenvalue weighted by atomic mass is 32.1. The molecule has 0 spiro atoms. The fourth-order valence-electron chi connectivity index (χ4n) is 3.16. The number of carbonyl (C=O) groups is 1. The topological polar surface area (TPSA) is 78.8 Å². The standard InChI is InChI=1S/C18H20N6OS2/c25-16(20-15-6-5-13(12-19-15)23-8-1-2-9-23)7-10-24-17(21-22-18(24)26)14-4-3-11-27-14/h3-6,11-12H,1-2,7-10H2,(H,22,26)(H,19,20,25). The van der Waals surface area contributed by atoms with E-state index in [0.29, 0.717) is 23.6 Å². The van der Waals surface area contributed by atoms with E-state index in [9.17, 15) is 4.79 Å². The van der Waals surface area contributed by atoms with Gasteiger partial charge in [-0.05, 0) is 48.6 Å². The summed E-state index contributed by atoms with van der Waals surface area (Å²) in [6.45, 7) is 2.61. The molecular weight excluding hydrogens is 380 g/mol. The van der Waals surface area contributed by atoms with Gasteiger partial charge < -0.3 is 10.2 Å². The molecule has 3 aromatic heterocycles. The van der Waals surface area contributed by atoms with E-state index in [1.807, 2.05) is 40.4 Å². The predicted molar refractivity (Wildman–Crippen MR) is 110 cm³/mol. The van der Waals surface area contributed by atoms with Gasteiger partial charge in [0.05, 0.1) is 16.8 Å². The van der Waals surface area contributed by atoms with Crippen LogP contribution in [0.15, 0.2) is 35.8 Å². The predicted octanol–water partition coefficient (Wildman–Crippen LogP) is 3.69. The van der Waals surface area contributed by atoms with Crippen molar-refractivity contribution in [3.8, 4) is 10.7 Å². The summed E-state index contributed by atoms with van der Waals surface area (Å²) in [6.07, 6.45) is 4.56. The number of hydrogen-bond donors (Lipinski definition) is 2. The zero-order chi connectivity index (χ0) is 18.6. The third kappa shape index (κ3) is 4.09. The van der Waals surface area contributed by atoms with Gasteiger partial charge in [-0.3, -0.25) is 14.5 Å². The van der Waals surface area contributed by atoms with E-state index in [4.69, 9.17) is 12.2 Å². The second kappa shape index (κ2) is 8.01. The van der Waals surface area contributed by atoms with Crippen LogP contribution in [0.1, 0.15) is 19.3 Å². The molecule has 0 atom stereocenters. The van der Waals surface area contributed by atoms with Crippen molar-refractivity contribution >= 4 is 41.0 Å². The lowest BCUT2D eigenvalue weighted by atomic mass is 10.3. The number of rotatable bonds is 6. The number of anilines is 2. The summed E-state index contributed by atoms with van der Waals surface area (Å²) in [6, 6.07) is 7.81. The molecule has 1 aliphatic rings. The maximum Gasteiger partial charge on any atom is 0.227 e. The molecule has 0 saturated carbocycles. The summed E-state index contributed by atoms with van der Waals surface area (Å²) in [5.74, 6) is 1.23. The molecule has 9 heteroatoms. The highest BCUT2D eigenvalue weighted by Gasteiger charge is 2.14. The van der Waals surface area contributed by atoms with Crippen LogP contribution in [0.25, 0.3) is 10.7 Å². The molecule has 2 N–H and O–H groups in total. The first-order valence-corrected chi connectivity index (χ1v) is 10.2. The summed E-state index contributed by atoms with van der Waals surface area (Å²) in [4.78, 5) is 20.0. The average molecular weight is 401 g/mol. The van der Waals surface area contributed by atoms with Crippen LogP contribution in [0.2, 0.25) is 0 Å². The Labute approximate surface area is 166 Å². The zero-order valence-electron chi connectivity index (χ0n) is 14.7. The van der Waals surface area contributed by atoms with Crippen LogP contribution in [0.3, 0.4) is 0 Å². The molecule has 0 radical (unpaired) electrons. The number of carbonyl (C=O) groups excluding carboxylic acids is 1. The van der Waals surface area contributed by atoms with E-state index >= 15 is 0 Å². The number of aromatic nitrogens is 4. The zero-order valence-corrected chi connectivity index (χ0v) is 16.4. The quantitative estimate of drug-likeness (QED) is 0.617. The Morgan fingerprint density at radius 1 is 1.30 bits per heavy atom. The summed E-state index contributed by atoms with van der Waals surface area (Å²) < 4.78 is 2.37. The largest absolute Gasteiger partial charge is 0.370 e.